The molecule has 0 bridgehead atoms. The fourth-order valence-electron chi connectivity index (χ4n) is 4.14. The van der Waals surface area contributed by atoms with Gasteiger partial charge in [0.2, 0.25) is 18.6 Å². The van der Waals surface area contributed by atoms with Crippen LogP contribution in [0.4, 0.5) is 4.39 Å². The van der Waals surface area contributed by atoms with Gasteiger partial charge in [0.15, 0.2) is 11.5 Å². The van der Waals surface area contributed by atoms with Crippen LogP contribution >= 0.6 is 11.3 Å². The minimum Gasteiger partial charge on any atom is -0.467 e. The Morgan fingerprint density at radius 1 is 0.974 bits per heavy atom. The van der Waals surface area contributed by atoms with E-state index in [4.69, 9.17) is 13.9 Å². The molecule has 3 heterocycles. The number of thiophene rings is 1. The van der Waals surface area contributed by atoms with E-state index in [1.54, 1.807) is 53.9 Å². The summed E-state index contributed by atoms with van der Waals surface area (Å²) in [4.78, 5) is 41.5. The van der Waals surface area contributed by atoms with Crippen LogP contribution in [0.2, 0.25) is 0 Å². The van der Waals surface area contributed by atoms with Gasteiger partial charge in [-0.1, -0.05) is 30.3 Å². The first-order valence-corrected chi connectivity index (χ1v) is 12.9. The van der Waals surface area contributed by atoms with Crippen LogP contribution in [0.15, 0.2) is 82.8 Å². The number of amides is 3. The van der Waals surface area contributed by atoms with Crippen molar-refractivity contribution >= 4 is 29.1 Å². The zero-order valence-corrected chi connectivity index (χ0v) is 21.4. The van der Waals surface area contributed by atoms with Crippen LogP contribution in [0.5, 0.6) is 11.5 Å². The highest BCUT2D eigenvalue weighted by atomic mass is 32.1. The predicted octanol–water partition coefficient (Wildman–Crippen LogP) is 4.03. The minimum atomic E-state index is -1.35. The predicted molar refractivity (Wildman–Crippen MR) is 139 cm³/mol. The monoisotopic (exact) mass is 549 g/mol. The number of furan rings is 1. The van der Waals surface area contributed by atoms with E-state index in [0.717, 1.165) is 0 Å². The van der Waals surface area contributed by atoms with Crippen LogP contribution in [0.3, 0.4) is 0 Å². The van der Waals surface area contributed by atoms with Crippen LogP contribution in [0.25, 0.3) is 0 Å². The van der Waals surface area contributed by atoms with Crippen molar-refractivity contribution in [3.05, 3.63) is 106 Å². The number of nitrogens with one attached hydrogen (secondary N) is 2. The van der Waals surface area contributed by atoms with Gasteiger partial charge in [-0.2, -0.15) is 0 Å². The lowest BCUT2D eigenvalue weighted by molar-refractivity contribution is -0.141. The van der Waals surface area contributed by atoms with Gasteiger partial charge in [-0.15, -0.1) is 11.3 Å². The lowest BCUT2D eigenvalue weighted by Crippen LogP contribution is -2.47. The zero-order valence-electron chi connectivity index (χ0n) is 20.6. The summed E-state index contributed by atoms with van der Waals surface area (Å²) in [5, 5.41) is 7.09. The molecule has 0 fully saturated rings. The van der Waals surface area contributed by atoms with E-state index in [2.05, 4.69) is 10.6 Å². The Hall–Kier alpha value is -4.64. The normalized spacial score (nSPS) is 12.5. The summed E-state index contributed by atoms with van der Waals surface area (Å²) in [6.07, 6.45) is 1.47. The molecule has 3 amide bonds. The van der Waals surface area contributed by atoms with Crippen molar-refractivity contribution in [2.75, 3.05) is 13.3 Å². The second kappa shape index (κ2) is 11.8. The number of hydrogen-bond donors (Lipinski definition) is 2. The summed E-state index contributed by atoms with van der Waals surface area (Å²) < 4.78 is 31.2. The fourth-order valence-corrected chi connectivity index (χ4v) is 4.78. The number of halogens is 1. The SMILES string of the molecule is O=C(NCC(=O)N(Cc1ccc2c(c1)OCO2)[C@H](C(=O)NCc1ccco1)c1ccccc1F)c1cccs1. The van der Waals surface area contributed by atoms with E-state index in [0.29, 0.717) is 27.7 Å². The van der Waals surface area contributed by atoms with Crippen molar-refractivity contribution in [1.29, 1.82) is 0 Å². The highest BCUT2D eigenvalue weighted by molar-refractivity contribution is 7.12. The first kappa shape index (κ1) is 26.0. The molecule has 5 rings (SSSR count). The summed E-state index contributed by atoms with van der Waals surface area (Å²) in [6, 6.07) is 16.3. The van der Waals surface area contributed by atoms with Gasteiger partial charge in [0.1, 0.15) is 17.6 Å². The lowest BCUT2D eigenvalue weighted by Gasteiger charge is -2.32. The van der Waals surface area contributed by atoms with Gasteiger partial charge in [-0.3, -0.25) is 14.4 Å². The number of benzene rings is 2. The smallest absolute Gasteiger partial charge is 0.261 e. The number of hydrogen-bond acceptors (Lipinski definition) is 7. The molecule has 39 heavy (non-hydrogen) atoms. The quantitative estimate of drug-likeness (QED) is 0.309. The van der Waals surface area contributed by atoms with E-state index in [1.807, 2.05) is 0 Å². The molecule has 0 saturated heterocycles. The molecule has 0 spiro atoms. The molecule has 1 aliphatic rings. The van der Waals surface area contributed by atoms with Crippen LogP contribution in [0, 0.1) is 5.82 Å². The van der Waals surface area contributed by atoms with Crippen molar-refractivity contribution in [3.8, 4) is 11.5 Å². The summed E-state index contributed by atoms with van der Waals surface area (Å²) in [7, 11) is 0. The molecule has 0 saturated carbocycles. The minimum absolute atomic E-state index is 0.00752. The summed E-state index contributed by atoms with van der Waals surface area (Å²) in [6.45, 7) is -0.365. The third-order valence-electron chi connectivity index (χ3n) is 6.03. The van der Waals surface area contributed by atoms with E-state index >= 15 is 4.39 Å². The Balaban J connectivity index is 1.46. The molecule has 200 valence electrons. The van der Waals surface area contributed by atoms with Gasteiger partial charge in [0.05, 0.1) is 24.2 Å². The maximum absolute atomic E-state index is 15.1. The van der Waals surface area contributed by atoms with E-state index in [9.17, 15) is 14.4 Å². The van der Waals surface area contributed by atoms with Crippen LogP contribution in [0.1, 0.15) is 32.6 Å². The number of nitrogens with zero attached hydrogens (tertiary/aromatic N) is 1. The molecule has 2 aromatic heterocycles. The Bertz CT molecular complexity index is 1460. The molecule has 0 unspecified atom stereocenters. The number of fused-ring (bicyclic) bond motifs is 1. The molecular weight excluding hydrogens is 525 g/mol. The summed E-state index contributed by atoms with van der Waals surface area (Å²) >= 11 is 1.24. The molecular formula is C28H24FN3O6S. The fraction of sp³-hybridized carbons (Fsp3) is 0.179. The van der Waals surface area contributed by atoms with Crippen LogP contribution in [-0.4, -0.2) is 36.0 Å². The summed E-state index contributed by atoms with van der Waals surface area (Å²) in [5.41, 5.74) is 0.630. The standard InChI is InChI=1S/C28H24FN3O6S/c29-21-7-2-1-6-20(21)26(28(35)30-14-19-5-3-11-36-19)32(16-18-9-10-22-23(13-18)38-17-37-22)25(33)15-31-27(34)24-8-4-12-39-24/h1-13,26H,14-17H2,(H,30,35)(H,31,34)/t26-/m0/s1. The number of carbonyl (C=O) groups is 3. The molecule has 2 aromatic carbocycles. The van der Waals surface area contributed by atoms with Crippen molar-refractivity contribution in [2.45, 2.75) is 19.1 Å². The second-order valence-corrected chi connectivity index (χ2v) is 9.54. The number of rotatable bonds is 10. The number of ether oxygens (including phenoxy) is 2. The largest absolute Gasteiger partial charge is 0.467 e. The van der Waals surface area contributed by atoms with Gasteiger partial charge in [-0.05, 0) is 47.3 Å². The highest BCUT2D eigenvalue weighted by Crippen LogP contribution is 2.34. The third kappa shape index (κ3) is 6.10. The van der Waals surface area contributed by atoms with E-state index in [1.165, 1.54) is 40.7 Å². The van der Waals surface area contributed by atoms with Gasteiger partial charge < -0.3 is 29.4 Å². The second-order valence-electron chi connectivity index (χ2n) is 8.59. The lowest BCUT2D eigenvalue weighted by atomic mass is 10.0. The van der Waals surface area contributed by atoms with Crippen molar-refractivity contribution in [3.63, 3.8) is 0 Å². The Morgan fingerprint density at radius 2 is 1.82 bits per heavy atom. The molecule has 1 atom stereocenters. The molecule has 9 nitrogen and oxygen atoms in total. The van der Waals surface area contributed by atoms with Gasteiger partial charge in [-0.25, -0.2) is 4.39 Å². The highest BCUT2D eigenvalue weighted by Gasteiger charge is 2.34. The maximum Gasteiger partial charge on any atom is 0.261 e. The average Bonchev–Trinajstić information content (AvgIpc) is 3.74. The zero-order chi connectivity index (χ0) is 27.2. The molecule has 11 heteroatoms. The van der Waals surface area contributed by atoms with Gasteiger partial charge in [0, 0.05) is 12.1 Å². The van der Waals surface area contributed by atoms with Crippen LogP contribution < -0.4 is 20.1 Å². The molecule has 0 aliphatic carbocycles. The first-order chi connectivity index (χ1) is 19.0. The third-order valence-corrected chi connectivity index (χ3v) is 6.90. The molecule has 2 N–H and O–H groups in total. The van der Waals surface area contributed by atoms with Gasteiger partial charge in [0.25, 0.3) is 5.91 Å². The average molecular weight is 550 g/mol. The summed E-state index contributed by atoms with van der Waals surface area (Å²) in [5.74, 6) is -0.730. The Kier molecular flexibility index (Phi) is 7.88. The topological polar surface area (TPSA) is 110 Å². The van der Waals surface area contributed by atoms with Gasteiger partial charge >= 0.3 is 0 Å². The first-order valence-electron chi connectivity index (χ1n) is 12.0. The van der Waals surface area contributed by atoms with E-state index < -0.39 is 36.1 Å². The van der Waals surface area contributed by atoms with Crippen molar-refractivity contribution < 1.29 is 32.7 Å². The Morgan fingerprint density at radius 3 is 2.59 bits per heavy atom. The van der Waals surface area contributed by atoms with Crippen LogP contribution in [-0.2, 0) is 22.7 Å². The number of carbonyl (C=O) groups excluding carboxylic acids is 3. The molecule has 1 aliphatic heterocycles. The Labute approximate surface area is 227 Å². The van der Waals surface area contributed by atoms with Crippen molar-refractivity contribution in [1.82, 2.24) is 15.5 Å². The molecule has 4 aromatic rings. The van der Waals surface area contributed by atoms with E-state index in [-0.39, 0.29) is 25.4 Å². The maximum atomic E-state index is 15.1. The van der Waals surface area contributed by atoms with Crippen molar-refractivity contribution in [2.24, 2.45) is 0 Å². The molecule has 0 radical (unpaired) electrons.